The number of likely N-dealkylation sites (N-methyl/N-ethyl adjacent to an activating group) is 1. The van der Waals surface area contributed by atoms with E-state index in [9.17, 15) is 4.79 Å². The van der Waals surface area contributed by atoms with Crippen LogP contribution in [0.25, 0.3) is 10.6 Å². The van der Waals surface area contributed by atoms with Crippen molar-refractivity contribution < 1.29 is 4.79 Å². The van der Waals surface area contributed by atoms with Crippen LogP contribution in [0.15, 0.2) is 30.5 Å². The highest BCUT2D eigenvalue weighted by molar-refractivity contribution is 7.15. The van der Waals surface area contributed by atoms with Crippen molar-refractivity contribution in [2.24, 2.45) is 0 Å². The molecule has 5 heteroatoms. The molecule has 1 fully saturated rings. The summed E-state index contributed by atoms with van der Waals surface area (Å²) in [5.41, 5.74) is 2.50. The lowest BCUT2D eigenvalue weighted by Crippen LogP contribution is -2.35. The number of aromatic nitrogens is 1. The highest BCUT2D eigenvalue weighted by Crippen LogP contribution is 2.27. The van der Waals surface area contributed by atoms with Crippen LogP contribution in [0.4, 0.5) is 0 Å². The Kier molecular flexibility index (Phi) is 5.31. The quantitative estimate of drug-likeness (QED) is 0.835. The van der Waals surface area contributed by atoms with Gasteiger partial charge in [0.2, 0.25) is 5.91 Å². The van der Waals surface area contributed by atoms with E-state index >= 15 is 0 Å². The van der Waals surface area contributed by atoms with Gasteiger partial charge in [-0.2, -0.15) is 0 Å². The van der Waals surface area contributed by atoms with Gasteiger partial charge in [0, 0.05) is 29.2 Å². The molecule has 0 bridgehead atoms. The number of thiazole rings is 1. The second kappa shape index (κ2) is 7.45. The lowest BCUT2D eigenvalue weighted by Gasteiger charge is -2.14. The molecule has 1 aliphatic carbocycles. The first-order chi connectivity index (χ1) is 11.5. The van der Waals surface area contributed by atoms with E-state index in [0.29, 0.717) is 18.5 Å². The van der Waals surface area contributed by atoms with Crippen LogP contribution in [0.1, 0.15) is 43.0 Å². The van der Waals surface area contributed by atoms with E-state index in [2.05, 4.69) is 48.4 Å². The SMILES string of the molecule is CC(C)c1ccc(-c2ncc(CN(C)CC(=O)NC3CC3)s2)cc1. The van der Waals surface area contributed by atoms with E-state index in [1.165, 1.54) is 10.4 Å². The second-order valence-corrected chi connectivity index (χ2v) is 8.04. The van der Waals surface area contributed by atoms with E-state index in [-0.39, 0.29) is 5.91 Å². The van der Waals surface area contributed by atoms with Gasteiger partial charge in [-0.15, -0.1) is 11.3 Å². The molecule has 1 aliphatic rings. The van der Waals surface area contributed by atoms with Crippen molar-refractivity contribution in [1.82, 2.24) is 15.2 Å². The number of hydrogen-bond acceptors (Lipinski definition) is 4. The normalized spacial score (nSPS) is 14.4. The van der Waals surface area contributed by atoms with Crippen LogP contribution in [0.3, 0.4) is 0 Å². The number of carbonyl (C=O) groups excluding carboxylic acids is 1. The van der Waals surface area contributed by atoms with E-state index in [0.717, 1.165) is 30.0 Å². The third-order valence-electron chi connectivity index (χ3n) is 4.16. The molecule has 0 saturated heterocycles. The fraction of sp³-hybridized carbons (Fsp3) is 0.474. The molecule has 2 aromatic rings. The van der Waals surface area contributed by atoms with Crippen molar-refractivity contribution in [1.29, 1.82) is 0 Å². The molecular weight excluding hydrogens is 318 g/mol. The van der Waals surface area contributed by atoms with Crippen molar-refractivity contribution in [2.45, 2.75) is 45.2 Å². The number of hydrogen-bond donors (Lipinski definition) is 1. The second-order valence-electron chi connectivity index (χ2n) is 6.92. The molecule has 3 rings (SSSR count). The molecule has 24 heavy (non-hydrogen) atoms. The first-order valence-electron chi connectivity index (χ1n) is 8.54. The molecule has 1 saturated carbocycles. The number of carbonyl (C=O) groups is 1. The van der Waals surface area contributed by atoms with Crippen LogP contribution >= 0.6 is 11.3 Å². The molecule has 4 nitrogen and oxygen atoms in total. The molecule has 1 aromatic heterocycles. The Morgan fingerprint density at radius 1 is 1.33 bits per heavy atom. The van der Waals surface area contributed by atoms with Crippen LogP contribution < -0.4 is 5.32 Å². The molecule has 1 N–H and O–H groups in total. The van der Waals surface area contributed by atoms with Gasteiger partial charge in [0.15, 0.2) is 0 Å². The van der Waals surface area contributed by atoms with Gasteiger partial charge in [-0.05, 0) is 31.4 Å². The van der Waals surface area contributed by atoms with Crippen LogP contribution in [0.2, 0.25) is 0 Å². The average molecular weight is 343 g/mol. The van der Waals surface area contributed by atoms with Gasteiger partial charge in [-0.25, -0.2) is 4.98 Å². The molecule has 1 amide bonds. The molecule has 1 aromatic carbocycles. The number of benzene rings is 1. The minimum absolute atomic E-state index is 0.119. The molecule has 0 spiro atoms. The Labute approximate surface area is 147 Å². The number of nitrogens with zero attached hydrogens (tertiary/aromatic N) is 2. The summed E-state index contributed by atoms with van der Waals surface area (Å²) >= 11 is 1.70. The van der Waals surface area contributed by atoms with Crippen molar-refractivity contribution in [3.8, 4) is 10.6 Å². The summed E-state index contributed by atoms with van der Waals surface area (Å²) in [6.07, 6.45) is 4.18. The Balaban J connectivity index is 1.57. The molecule has 1 heterocycles. The predicted octanol–water partition coefficient (Wildman–Crippen LogP) is 3.64. The Morgan fingerprint density at radius 3 is 2.67 bits per heavy atom. The summed E-state index contributed by atoms with van der Waals surface area (Å²) in [5.74, 6) is 0.662. The molecule has 0 aliphatic heterocycles. The lowest BCUT2D eigenvalue weighted by molar-refractivity contribution is -0.122. The molecule has 0 atom stereocenters. The van der Waals surface area contributed by atoms with Gasteiger partial charge in [-0.3, -0.25) is 9.69 Å². The molecule has 0 unspecified atom stereocenters. The topological polar surface area (TPSA) is 45.2 Å². The van der Waals surface area contributed by atoms with E-state index in [1.54, 1.807) is 11.3 Å². The fourth-order valence-electron chi connectivity index (χ4n) is 2.59. The van der Waals surface area contributed by atoms with Gasteiger partial charge in [-0.1, -0.05) is 38.1 Å². The lowest BCUT2D eigenvalue weighted by atomic mass is 10.0. The highest BCUT2D eigenvalue weighted by Gasteiger charge is 2.23. The standard InChI is InChI=1S/C19H25N3OS/c1-13(2)14-4-6-15(7-5-14)19-20-10-17(24-19)11-22(3)12-18(23)21-16-8-9-16/h4-7,10,13,16H,8-9,11-12H2,1-3H3,(H,21,23). The van der Waals surface area contributed by atoms with Crippen LogP contribution in [-0.4, -0.2) is 35.4 Å². The largest absolute Gasteiger partial charge is 0.352 e. The molecular formula is C19H25N3OS. The summed E-state index contributed by atoms with van der Waals surface area (Å²) in [5, 5.41) is 4.06. The summed E-state index contributed by atoms with van der Waals surface area (Å²) in [6, 6.07) is 9.06. The van der Waals surface area contributed by atoms with Crippen molar-refractivity contribution in [2.75, 3.05) is 13.6 Å². The average Bonchev–Trinajstić information content (AvgIpc) is 3.22. The van der Waals surface area contributed by atoms with Gasteiger partial charge >= 0.3 is 0 Å². The zero-order chi connectivity index (χ0) is 17.1. The third kappa shape index (κ3) is 4.65. The minimum Gasteiger partial charge on any atom is -0.352 e. The Morgan fingerprint density at radius 2 is 2.04 bits per heavy atom. The summed E-state index contributed by atoms with van der Waals surface area (Å²) in [4.78, 5) is 19.6. The minimum atomic E-state index is 0.119. The zero-order valence-electron chi connectivity index (χ0n) is 14.6. The molecule has 0 radical (unpaired) electrons. The monoisotopic (exact) mass is 343 g/mol. The van der Waals surface area contributed by atoms with Gasteiger partial charge in [0.05, 0.1) is 6.54 Å². The summed E-state index contributed by atoms with van der Waals surface area (Å²) in [7, 11) is 1.98. The maximum atomic E-state index is 11.8. The first kappa shape index (κ1) is 17.1. The van der Waals surface area contributed by atoms with Crippen molar-refractivity contribution in [3.63, 3.8) is 0 Å². The maximum absolute atomic E-state index is 11.8. The summed E-state index contributed by atoms with van der Waals surface area (Å²) < 4.78 is 0. The van der Waals surface area contributed by atoms with Crippen molar-refractivity contribution >= 4 is 17.2 Å². The zero-order valence-corrected chi connectivity index (χ0v) is 15.4. The van der Waals surface area contributed by atoms with Crippen molar-refractivity contribution in [3.05, 3.63) is 40.9 Å². The summed E-state index contributed by atoms with van der Waals surface area (Å²) in [6.45, 7) is 5.59. The predicted molar refractivity (Wildman–Crippen MR) is 99.1 cm³/mol. The van der Waals surface area contributed by atoms with Crippen LogP contribution in [0, 0.1) is 0 Å². The van der Waals surface area contributed by atoms with Crippen LogP contribution in [-0.2, 0) is 11.3 Å². The van der Waals surface area contributed by atoms with Gasteiger partial charge in [0.1, 0.15) is 5.01 Å². The van der Waals surface area contributed by atoms with Gasteiger partial charge < -0.3 is 5.32 Å². The maximum Gasteiger partial charge on any atom is 0.234 e. The van der Waals surface area contributed by atoms with E-state index in [1.807, 2.05) is 18.1 Å². The molecule has 128 valence electrons. The number of amides is 1. The van der Waals surface area contributed by atoms with Gasteiger partial charge in [0.25, 0.3) is 0 Å². The van der Waals surface area contributed by atoms with E-state index in [4.69, 9.17) is 0 Å². The third-order valence-corrected chi connectivity index (χ3v) is 5.19. The number of rotatable bonds is 7. The van der Waals surface area contributed by atoms with E-state index < -0.39 is 0 Å². The fourth-order valence-corrected chi connectivity index (χ4v) is 3.59. The smallest absolute Gasteiger partial charge is 0.234 e. The highest BCUT2D eigenvalue weighted by atomic mass is 32.1. The van der Waals surface area contributed by atoms with Crippen LogP contribution in [0.5, 0.6) is 0 Å². The first-order valence-corrected chi connectivity index (χ1v) is 9.36. The Bertz CT molecular complexity index is 689. The number of nitrogens with one attached hydrogen (secondary N) is 1. The Hall–Kier alpha value is -1.72.